The van der Waals surface area contributed by atoms with Gasteiger partial charge in [0, 0.05) is 17.9 Å². The quantitative estimate of drug-likeness (QED) is 0.611. The SMILES string of the molecule is O=c1[nH]cnc(N2CCCC2CCCBr)c1I. The Bertz CT molecular complexity index is 437. The van der Waals surface area contributed by atoms with E-state index < -0.39 is 0 Å². The van der Waals surface area contributed by atoms with Gasteiger partial charge in [-0.25, -0.2) is 4.98 Å². The second kappa shape index (κ2) is 6.17. The van der Waals surface area contributed by atoms with Crippen molar-refractivity contribution in [3.63, 3.8) is 0 Å². The van der Waals surface area contributed by atoms with Gasteiger partial charge in [0.1, 0.15) is 9.39 Å². The van der Waals surface area contributed by atoms with E-state index >= 15 is 0 Å². The lowest BCUT2D eigenvalue weighted by atomic mass is 10.1. The van der Waals surface area contributed by atoms with Crippen LogP contribution < -0.4 is 10.5 Å². The maximum absolute atomic E-state index is 11.6. The molecule has 1 aliphatic heterocycles. The van der Waals surface area contributed by atoms with Gasteiger partial charge < -0.3 is 9.88 Å². The zero-order valence-electron chi connectivity index (χ0n) is 9.46. The number of anilines is 1. The lowest BCUT2D eigenvalue weighted by Gasteiger charge is -2.26. The minimum absolute atomic E-state index is 0.0401. The van der Waals surface area contributed by atoms with Crippen LogP contribution in [0.15, 0.2) is 11.1 Å². The molecular formula is C11H15BrIN3O. The monoisotopic (exact) mass is 411 g/mol. The summed E-state index contributed by atoms with van der Waals surface area (Å²) in [6.45, 7) is 1.01. The van der Waals surface area contributed by atoms with Gasteiger partial charge in [0.2, 0.25) is 0 Å². The van der Waals surface area contributed by atoms with Crippen molar-refractivity contribution in [3.8, 4) is 0 Å². The molecule has 0 spiro atoms. The van der Waals surface area contributed by atoms with Crippen LogP contribution in [0.25, 0.3) is 0 Å². The lowest BCUT2D eigenvalue weighted by molar-refractivity contribution is 0.599. The molecule has 0 aromatic carbocycles. The van der Waals surface area contributed by atoms with Crippen LogP contribution in [0, 0.1) is 3.57 Å². The molecule has 4 nitrogen and oxygen atoms in total. The van der Waals surface area contributed by atoms with E-state index in [9.17, 15) is 4.79 Å². The van der Waals surface area contributed by atoms with Crippen molar-refractivity contribution in [2.24, 2.45) is 0 Å². The topological polar surface area (TPSA) is 49.0 Å². The average Bonchev–Trinajstić information content (AvgIpc) is 2.78. The first-order chi connectivity index (χ1) is 8.24. The summed E-state index contributed by atoms with van der Waals surface area (Å²) in [6, 6.07) is 0.537. The third-order valence-corrected chi connectivity index (χ3v) is 4.63. The minimum atomic E-state index is -0.0401. The third kappa shape index (κ3) is 3.01. The molecule has 1 saturated heterocycles. The van der Waals surface area contributed by atoms with Crippen molar-refractivity contribution >= 4 is 44.3 Å². The lowest BCUT2D eigenvalue weighted by Crippen LogP contribution is -2.32. The summed E-state index contributed by atoms with van der Waals surface area (Å²) in [6.07, 6.45) is 6.23. The summed E-state index contributed by atoms with van der Waals surface area (Å²) in [5.74, 6) is 0.853. The second-order valence-corrected chi connectivity index (χ2v) is 6.06. The molecule has 94 valence electrons. The molecule has 0 saturated carbocycles. The number of halogens is 2. The van der Waals surface area contributed by atoms with Gasteiger partial charge in [-0.05, 0) is 48.3 Å². The van der Waals surface area contributed by atoms with Crippen molar-refractivity contribution in [1.82, 2.24) is 9.97 Å². The molecule has 17 heavy (non-hydrogen) atoms. The van der Waals surface area contributed by atoms with Gasteiger partial charge in [-0.15, -0.1) is 0 Å². The van der Waals surface area contributed by atoms with Crippen LogP contribution in [0.1, 0.15) is 25.7 Å². The first-order valence-electron chi connectivity index (χ1n) is 5.80. The number of aromatic nitrogens is 2. The smallest absolute Gasteiger partial charge is 0.266 e. The highest BCUT2D eigenvalue weighted by Crippen LogP contribution is 2.28. The van der Waals surface area contributed by atoms with Gasteiger partial charge in [0.25, 0.3) is 5.56 Å². The van der Waals surface area contributed by atoms with Crippen molar-refractivity contribution < 1.29 is 0 Å². The number of H-pyrrole nitrogens is 1. The number of hydrogen-bond acceptors (Lipinski definition) is 3. The third-order valence-electron chi connectivity index (χ3n) is 3.10. The maximum Gasteiger partial charge on any atom is 0.266 e. The van der Waals surface area contributed by atoms with Crippen LogP contribution in [-0.4, -0.2) is 27.9 Å². The van der Waals surface area contributed by atoms with Crippen molar-refractivity contribution in [2.75, 3.05) is 16.8 Å². The number of aromatic amines is 1. The molecule has 1 aliphatic rings. The number of alkyl halides is 1. The van der Waals surface area contributed by atoms with Crippen molar-refractivity contribution in [1.29, 1.82) is 0 Å². The van der Waals surface area contributed by atoms with E-state index in [1.807, 2.05) is 0 Å². The van der Waals surface area contributed by atoms with Gasteiger partial charge in [0.15, 0.2) is 0 Å². The molecule has 1 aromatic heterocycles. The number of hydrogen-bond donors (Lipinski definition) is 1. The van der Waals surface area contributed by atoms with E-state index in [1.54, 1.807) is 0 Å². The molecule has 1 atom stereocenters. The van der Waals surface area contributed by atoms with Crippen molar-refractivity contribution in [3.05, 3.63) is 20.3 Å². The predicted octanol–water partition coefficient (Wildman–Crippen LogP) is 2.52. The van der Waals surface area contributed by atoms with Crippen LogP contribution in [-0.2, 0) is 0 Å². The fourth-order valence-electron chi connectivity index (χ4n) is 2.30. The number of nitrogens with one attached hydrogen (secondary N) is 1. The first-order valence-corrected chi connectivity index (χ1v) is 8.00. The Morgan fingerprint density at radius 2 is 2.47 bits per heavy atom. The molecule has 0 bridgehead atoms. The summed E-state index contributed by atoms with van der Waals surface area (Å²) in [5, 5.41) is 1.04. The zero-order valence-corrected chi connectivity index (χ0v) is 13.2. The highest BCUT2D eigenvalue weighted by Gasteiger charge is 2.27. The summed E-state index contributed by atoms with van der Waals surface area (Å²) in [4.78, 5) is 20.8. The minimum Gasteiger partial charge on any atom is -0.353 e. The average molecular weight is 412 g/mol. The largest absolute Gasteiger partial charge is 0.353 e. The van der Waals surface area contributed by atoms with E-state index in [0.717, 1.165) is 24.1 Å². The summed E-state index contributed by atoms with van der Waals surface area (Å²) >= 11 is 5.55. The molecule has 2 heterocycles. The Kier molecular flexibility index (Phi) is 4.84. The summed E-state index contributed by atoms with van der Waals surface area (Å²) in [5.41, 5.74) is -0.0401. The standard InChI is InChI=1S/C11H15BrIN3O/c12-5-1-3-8-4-2-6-16(8)10-9(13)11(17)15-7-14-10/h7-8H,1-6H2,(H,14,15,17). The van der Waals surface area contributed by atoms with Crippen molar-refractivity contribution in [2.45, 2.75) is 31.7 Å². The van der Waals surface area contributed by atoms with Crippen LogP contribution in [0.2, 0.25) is 0 Å². The van der Waals surface area contributed by atoms with E-state index in [4.69, 9.17) is 0 Å². The van der Waals surface area contributed by atoms with Crippen LogP contribution in [0.3, 0.4) is 0 Å². The van der Waals surface area contributed by atoms with Crippen LogP contribution in [0.5, 0.6) is 0 Å². The van der Waals surface area contributed by atoms with E-state index in [1.165, 1.54) is 25.6 Å². The Labute approximate surface area is 122 Å². The molecule has 0 aliphatic carbocycles. The molecule has 6 heteroatoms. The normalized spacial score (nSPS) is 19.9. The highest BCUT2D eigenvalue weighted by atomic mass is 127. The summed E-state index contributed by atoms with van der Waals surface area (Å²) < 4.78 is 0.704. The fraction of sp³-hybridized carbons (Fsp3) is 0.636. The van der Waals surface area contributed by atoms with E-state index in [2.05, 4.69) is 53.4 Å². The zero-order chi connectivity index (χ0) is 12.3. The Balaban J connectivity index is 2.20. The van der Waals surface area contributed by atoms with Gasteiger partial charge in [0.05, 0.1) is 6.33 Å². The van der Waals surface area contributed by atoms with Gasteiger partial charge in [-0.3, -0.25) is 4.79 Å². The molecule has 1 aromatic rings. The molecule has 0 amide bonds. The molecule has 1 unspecified atom stereocenters. The number of rotatable bonds is 4. The molecule has 2 rings (SSSR count). The van der Waals surface area contributed by atoms with Crippen LogP contribution >= 0.6 is 38.5 Å². The van der Waals surface area contributed by atoms with Gasteiger partial charge in [-0.1, -0.05) is 15.9 Å². The number of nitrogens with zero attached hydrogens (tertiary/aromatic N) is 2. The first kappa shape index (κ1) is 13.3. The predicted molar refractivity (Wildman–Crippen MR) is 81.0 cm³/mol. The molecule has 0 radical (unpaired) electrons. The van der Waals surface area contributed by atoms with E-state index in [-0.39, 0.29) is 5.56 Å². The molecule has 1 N–H and O–H groups in total. The van der Waals surface area contributed by atoms with Gasteiger partial charge in [-0.2, -0.15) is 0 Å². The fourth-order valence-corrected chi connectivity index (χ4v) is 3.23. The maximum atomic E-state index is 11.6. The van der Waals surface area contributed by atoms with Gasteiger partial charge >= 0.3 is 0 Å². The highest BCUT2D eigenvalue weighted by molar-refractivity contribution is 14.1. The molecular weight excluding hydrogens is 397 g/mol. The van der Waals surface area contributed by atoms with E-state index in [0.29, 0.717) is 9.61 Å². The Morgan fingerprint density at radius 1 is 1.65 bits per heavy atom. The molecule has 1 fully saturated rings. The Hall–Kier alpha value is -0.110. The Morgan fingerprint density at radius 3 is 3.24 bits per heavy atom. The second-order valence-electron chi connectivity index (χ2n) is 4.19. The van der Waals surface area contributed by atoms with Crippen LogP contribution in [0.4, 0.5) is 5.82 Å². The summed E-state index contributed by atoms with van der Waals surface area (Å²) in [7, 11) is 0.